The number of fused-ring (bicyclic) bond motifs is 20. The molecule has 0 aromatic rings. The molecule has 5 aliphatic heterocycles. The van der Waals surface area contributed by atoms with Crippen LogP contribution in [-0.2, 0) is 0 Å². The Morgan fingerprint density at radius 3 is 0.833 bits per heavy atom. The number of hydrogen-bond donors (Lipinski definition) is 8. The summed E-state index contributed by atoms with van der Waals surface area (Å²) in [5, 5.41) is 43.9. The second-order valence-corrected chi connectivity index (χ2v) is 15.8. The van der Waals surface area contributed by atoms with Crippen molar-refractivity contribution in [2.45, 2.75) is 152 Å². The minimum atomic E-state index is -0.00118. The van der Waals surface area contributed by atoms with Crippen molar-refractivity contribution in [2.24, 2.45) is 47.3 Å². The second-order valence-electron chi connectivity index (χ2n) is 15.8. The van der Waals surface area contributed by atoms with Crippen LogP contribution in [0.1, 0.15) is 103 Å². The van der Waals surface area contributed by atoms with Gasteiger partial charge in [0.25, 0.3) is 0 Å². The van der Waals surface area contributed by atoms with E-state index in [0.717, 1.165) is 0 Å². The van der Waals surface area contributed by atoms with E-state index in [1.165, 1.54) is 103 Å². The predicted octanol–water partition coefficient (Wildman–Crippen LogP) is -0.0529. The van der Waals surface area contributed by atoms with Crippen LogP contribution in [0.3, 0.4) is 0 Å². The quantitative estimate of drug-likeness (QED) is 0.144. The topological polar surface area (TPSA) is 112 Å². The van der Waals surface area contributed by atoms with Crippen molar-refractivity contribution in [3.8, 4) is 0 Å². The maximum Gasteiger partial charge on any atom is 0.146 e. The lowest BCUT2D eigenvalue weighted by molar-refractivity contribution is -0.914. The molecule has 0 spiro atoms. The Balaban J connectivity index is 0.00000267. The third-order valence-electron chi connectivity index (χ3n) is 14.1. The van der Waals surface area contributed by atoms with Gasteiger partial charge in [0.2, 0.25) is 0 Å². The van der Waals surface area contributed by atoms with Gasteiger partial charge in [-0.3, -0.25) is 37.2 Å². The van der Waals surface area contributed by atoms with Gasteiger partial charge >= 0.3 is 0 Å². The Kier molecular flexibility index (Phi) is 8.29. The molecule has 42 heavy (non-hydrogen) atoms. The molecule has 5 heterocycles. The van der Waals surface area contributed by atoms with Gasteiger partial charge < -0.3 is 10.3 Å². The van der Waals surface area contributed by atoms with Crippen molar-refractivity contribution in [3.63, 3.8) is 0 Å². The molecule has 9 fully saturated rings. The average molecular weight is 601 g/mol. The third kappa shape index (κ3) is 4.81. The number of nitrogens with one attached hydrogen (secondary N) is 8. The minimum absolute atomic E-state index is 0. The largest absolute Gasteiger partial charge is 0.632 e. The van der Waals surface area contributed by atoms with Crippen molar-refractivity contribution in [2.75, 3.05) is 0 Å². The number of rotatable bonds is 0. The summed E-state index contributed by atoms with van der Waals surface area (Å²) in [6.07, 6.45) is 22.7. The summed E-state index contributed by atoms with van der Waals surface area (Å²) in [5.74, 6) is 4.84. The average Bonchev–Trinajstić information content (AvgIpc) is 3.76. The van der Waals surface area contributed by atoms with Crippen LogP contribution in [0.4, 0.5) is 0 Å². The van der Waals surface area contributed by atoms with E-state index in [9.17, 15) is 5.21 Å². The number of quaternary nitrogens is 1. The fourth-order valence-electron chi connectivity index (χ4n) is 12.2. The summed E-state index contributed by atoms with van der Waals surface area (Å²) in [5.41, 5.74) is 0. The van der Waals surface area contributed by atoms with Crippen molar-refractivity contribution >= 4 is 11.0 Å². The zero-order chi connectivity index (χ0) is 27.1. The van der Waals surface area contributed by atoms with E-state index in [4.69, 9.17) is 0 Å². The van der Waals surface area contributed by atoms with Crippen molar-refractivity contribution in [3.05, 3.63) is 5.21 Å². The fraction of sp³-hybridized carbons (Fsp3) is 1.00. The molecule has 10 heteroatoms. The first-order valence-electron chi connectivity index (χ1n) is 18.1. The van der Waals surface area contributed by atoms with Crippen molar-refractivity contribution < 1.29 is 5.06 Å². The van der Waals surface area contributed by atoms with E-state index in [-0.39, 0.29) is 35.6 Å². The monoisotopic (exact) mass is 600 g/mol. The zero-order valence-electron chi connectivity index (χ0n) is 25.0. The lowest BCUT2D eigenvalue weighted by Gasteiger charge is -2.41. The molecule has 238 valence electrons. The van der Waals surface area contributed by atoms with Crippen LogP contribution in [0.15, 0.2) is 0 Å². The molecular formula is C32H60N8OSi. The minimum Gasteiger partial charge on any atom is -0.632 e. The second kappa shape index (κ2) is 11.9. The summed E-state index contributed by atoms with van der Waals surface area (Å²) in [7, 11) is 0. The standard InChI is InChI=1S/C32H56N8O.H4Si/c41-40-31-23-15-7-5-13-21(23)29(38-31)36-27-19-11-3-1-9-17(19)25(34-27)33-26-18-10-2-4-12-20(18)28(35-26)37-30-22-14-6-8-16-24(22)32(40)39-30;/h17-40H,1-16H2;1H4. The Bertz CT molecular complexity index is 889. The van der Waals surface area contributed by atoms with Crippen LogP contribution in [0, 0.1) is 52.6 Å². The van der Waals surface area contributed by atoms with Crippen molar-refractivity contribution in [1.82, 2.24) is 37.2 Å². The predicted molar refractivity (Wildman–Crippen MR) is 170 cm³/mol. The maximum absolute atomic E-state index is 14.6. The molecule has 9 nitrogen and oxygen atoms in total. The summed E-state index contributed by atoms with van der Waals surface area (Å²) in [6.45, 7) is 0. The Labute approximate surface area is 257 Å². The molecule has 0 amide bonds. The highest BCUT2D eigenvalue weighted by molar-refractivity contribution is 5.75. The first kappa shape index (κ1) is 29.3. The molecule has 4 saturated carbocycles. The van der Waals surface area contributed by atoms with Gasteiger partial charge in [0.1, 0.15) is 12.3 Å². The van der Waals surface area contributed by atoms with E-state index in [2.05, 4.69) is 37.2 Å². The summed E-state index contributed by atoms with van der Waals surface area (Å²) in [6, 6.07) is 0. The summed E-state index contributed by atoms with van der Waals surface area (Å²) in [4.78, 5) is 0. The van der Waals surface area contributed by atoms with Crippen LogP contribution < -0.4 is 42.3 Å². The molecule has 0 aromatic heterocycles. The van der Waals surface area contributed by atoms with E-state index < -0.39 is 0 Å². The van der Waals surface area contributed by atoms with Crippen molar-refractivity contribution in [1.29, 1.82) is 0 Å². The zero-order valence-corrected chi connectivity index (χ0v) is 25.0. The molecule has 0 radical (unpaired) electrons. The molecule has 16 unspecified atom stereocenters. The summed E-state index contributed by atoms with van der Waals surface area (Å²) < 4.78 is 0. The van der Waals surface area contributed by atoms with Gasteiger partial charge in [0.05, 0.1) is 37.0 Å². The summed E-state index contributed by atoms with van der Waals surface area (Å²) >= 11 is 0. The van der Waals surface area contributed by atoms with Gasteiger partial charge in [-0.1, -0.05) is 51.4 Å². The molecule has 9 aliphatic rings. The van der Waals surface area contributed by atoms with Gasteiger partial charge in [0, 0.05) is 11.8 Å². The highest BCUT2D eigenvalue weighted by Crippen LogP contribution is 2.44. The van der Waals surface area contributed by atoms with Gasteiger partial charge in [-0.15, -0.1) is 0 Å². The Morgan fingerprint density at radius 2 is 0.548 bits per heavy atom. The highest BCUT2D eigenvalue weighted by atomic mass is 28.1. The molecule has 0 aromatic carbocycles. The molecule has 9 rings (SSSR count). The SMILES string of the molecule is [O-][NH+]1C2NC(NC3NC(NC4NC(NC5NC1C1CCCCC51)C1CCCCC41)C1CCCCC31)C1CCCCC12.[SiH4]. The van der Waals surface area contributed by atoms with Gasteiger partial charge in [-0.05, 0) is 97.8 Å². The van der Waals surface area contributed by atoms with Gasteiger partial charge in [0.15, 0.2) is 0 Å². The van der Waals surface area contributed by atoms with Gasteiger partial charge in [-0.25, -0.2) is 0 Å². The molecule has 8 bridgehead atoms. The van der Waals surface area contributed by atoms with Crippen LogP contribution in [-0.4, -0.2) is 60.3 Å². The lowest BCUT2D eigenvalue weighted by atomic mass is 9.76. The van der Waals surface area contributed by atoms with E-state index >= 15 is 0 Å². The molecular weight excluding hydrogens is 540 g/mol. The van der Waals surface area contributed by atoms with Crippen LogP contribution in [0.25, 0.3) is 0 Å². The van der Waals surface area contributed by atoms with E-state index in [1.807, 2.05) is 0 Å². The molecule has 16 atom stereocenters. The van der Waals surface area contributed by atoms with E-state index in [1.54, 1.807) is 0 Å². The normalized spacial score (nSPS) is 56.9. The number of hydroxylamine groups is 2. The van der Waals surface area contributed by atoms with E-state index in [0.29, 0.717) is 77.1 Å². The maximum atomic E-state index is 14.6. The van der Waals surface area contributed by atoms with Crippen LogP contribution in [0.2, 0.25) is 0 Å². The highest BCUT2D eigenvalue weighted by Gasteiger charge is 2.56. The number of hydrogen-bond acceptors (Lipinski definition) is 8. The third-order valence-corrected chi connectivity index (χ3v) is 14.1. The molecule has 8 N–H and O–H groups in total. The van der Waals surface area contributed by atoms with Gasteiger partial charge in [-0.2, -0.15) is 0 Å². The smallest absolute Gasteiger partial charge is 0.146 e. The lowest BCUT2D eigenvalue weighted by Crippen LogP contribution is -3.19. The first-order valence-corrected chi connectivity index (χ1v) is 18.1. The Morgan fingerprint density at radius 1 is 0.333 bits per heavy atom. The fourth-order valence-corrected chi connectivity index (χ4v) is 12.2. The molecule has 4 aliphatic carbocycles. The van der Waals surface area contributed by atoms with Crippen LogP contribution in [0.5, 0.6) is 0 Å². The first-order chi connectivity index (χ1) is 20.2. The van der Waals surface area contributed by atoms with Crippen LogP contribution >= 0.6 is 0 Å². The molecule has 5 saturated heterocycles. The Hall–Kier alpha value is -0.143.